The number of amides is 1. The van der Waals surface area contributed by atoms with Crippen LogP contribution < -0.4 is 5.73 Å². The Morgan fingerprint density at radius 2 is 2.25 bits per heavy atom. The fourth-order valence-electron chi connectivity index (χ4n) is 1.20. The van der Waals surface area contributed by atoms with Gasteiger partial charge in [-0.1, -0.05) is 29.9 Å². The van der Waals surface area contributed by atoms with Crippen LogP contribution in [0.3, 0.4) is 0 Å². The lowest BCUT2D eigenvalue weighted by atomic mass is 10.2. The first-order valence-corrected chi connectivity index (χ1v) is 5.20. The molecular weight excluding hydrogens is 251 g/mol. The van der Waals surface area contributed by atoms with Crippen LogP contribution >= 0.6 is 23.8 Å². The minimum atomic E-state index is -0.660. The molecule has 0 bridgehead atoms. The number of nitrogens with two attached hydrogens (primary N) is 1. The van der Waals surface area contributed by atoms with E-state index in [1.807, 2.05) is 0 Å². The van der Waals surface area contributed by atoms with Crippen molar-refractivity contribution in [2.45, 2.75) is 0 Å². The maximum absolute atomic E-state index is 13.4. The Bertz CT molecular complexity index is 419. The number of halogens is 2. The third-order valence-corrected chi connectivity index (χ3v) is 2.36. The number of rotatable bonds is 3. The summed E-state index contributed by atoms with van der Waals surface area (Å²) >= 11 is 10.4. The van der Waals surface area contributed by atoms with Gasteiger partial charge in [-0.3, -0.25) is 4.79 Å². The standard InChI is InChI=1S/C10H10ClFN2OS/c1-14(5-8(13)16)10(15)9-6(11)3-2-4-7(9)12/h2-4H,5H2,1H3,(H2,13,16). The summed E-state index contributed by atoms with van der Waals surface area (Å²) in [7, 11) is 1.48. The van der Waals surface area contributed by atoms with Crippen molar-refractivity contribution in [2.24, 2.45) is 5.73 Å². The maximum Gasteiger partial charge on any atom is 0.258 e. The van der Waals surface area contributed by atoms with E-state index in [9.17, 15) is 9.18 Å². The summed E-state index contributed by atoms with van der Waals surface area (Å²) in [4.78, 5) is 13.2. The quantitative estimate of drug-likeness (QED) is 0.844. The van der Waals surface area contributed by atoms with E-state index in [-0.39, 0.29) is 22.1 Å². The van der Waals surface area contributed by atoms with Gasteiger partial charge in [0.05, 0.1) is 22.1 Å². The Labute approximate surface area is 103 Å². The van der Waals surface area contributed by atoms with Crippen LogP contribution in [0.4, 0.5) is 4.39 Å². The van der Waals surface area contributed by atoms with E-state index >= 15 is 0 Å². The maximum atomic E-state index is 13.4. The second-order valence-corrected chi connectivity index (χ2v) is 4.16. The molecule has 0 spiro atoms. The van der Waals surface area contributed by atoms with Crippen LogP contribution in [0.25, 0.3) is 0 Å². The van der Waals surface area contributed by atoms with Crippen molar-refractivity contribution in [1.82, 2.24) is 4.90 Å². The lowest BCUT2D eigenvalue weighted by Crippen LogP contribution is -2.35. The van der Waals surface area contributed by atoms with Crippen molar-refractivity contribution in [2.75, 3.05) is 13.6 Å². The highest BCUT2D eigenvalue weighted by Crippen LogP contribution is 2.20. The average Bonchev–Trinajstić information content (AvgIpc) is 2.16. The Morgan fingerprint density at radius 3 is 2.75 bits per heavy atom. The fourth-order valence-corrected chi connectivity index (χ4v) is 1.64. The Kier molecular flexibility index (Phi) is 4.20. The minimum Gasteiger partial charge on any atom is -0.392 e. The zero-order valence-corrected chi connectivity index (χ0v) is 10.1. The Hall–Kier alpha value is -1.20. The van der Waals surface area contributed by atoms with E-state index in [4.69, 9.17) is 17.3 Å². The second kappa shape index (κ2) is 5.23. The summed E-state index contributed by atoms with van der Waals surface area (Å²) in [6.45, 7) is 0.0822. The van der Waals surface area contributed by atoms with Gasteiger partial charge in [0, 0.05) is 7.05 Å². The van der Waals surface area contributed by atoms with Crippen molar-refractivity contribution in [3.05, 3.63) is 34.6 Å². The van der Waals surface area contributed by atoms with Gasteiger partial charge < -0.3 is 10.6 Å². The van der Waals surface area contributed by atoms with Crippen LogP contribution in [0.5, 0.6) is 0 Å². The third kappa shape index (κ3) is 2.90. The molecule has 0 saturated carbocycles. The number of carbonyl (C=O) groups is 1. The Balaban J connectivity index is 3.00. The van der Waals surface area contributed by atoms with Gasteiger partial charge in [-0.25, -0.2) is 4.39 Å². The van der Waals surface area contributed by atoms with Crippen LogP contribution in [0, 0.1) is 5.82 Å². The molecule has 0 aromatic heterocycles. The zero-order valence-electron chi connectivity index (χ0n) is 8.54. The van der Waals surface area contributed by atoms with Gasteiger partial charge in [0.1, 0.15) is 5.82 Å². The summed E-state index contributed by atoms with van der Waals surface area (Å²) in [6, 6.07) is 4.06. The highest BCUT2D eigenvalue weighted by molar-refractivity contribution is 7.80. The predicted molar refractivity (Wildman–Crippen MR) is 65.2 cm³/mol. The number of carbonyl (C=O) groups excluding carboxylic acids is 1. The summed E-state index contributed by atoms with van der Waals surface area (Å²) in [5.41, 5.74) is 5.13. The van der Waals surface area contributed by atoms with Gasteiger partial charge in [-0.2, -0.15) is 0 Å². The number of hydrogen-bond acceptors (Lipinski definition) is 2. The molecule has 1 aromatic rings. The van der Waals surface area contributed by atoms with Gasteiger partial charge in [0.25, 0.3) is 5.91 Å². The van der Waals surface area contributed by atoms with Crippen LogP contribution in [0.15, 0.2) is 18.2 Å². The van der Waals surface area contributed by atoms with Crippen molar-refractivity contribution < 1.29 is 9.18 Å². The molecule has 0 unspecified atom stereocenters. The lowest BCUT2D eigenvalue weighted by Gasteiger charge is -2.17. The first-order chi connectivity index (χ1) is 7.43. The van der Waals surface area contributed by atoms with Gasteiger partial charge in [-0.15, -0.1) is 0 Å². The molecule has 0 atom stereocenters. The molecule has 0 saturated heterocycles. The smallest absolute Gasteiger partial charge is 0.258 e. The molecule has 1 amide bonds. The topological polar surface area (TPSA) is 46.3 Å². The van der Waals surface area contributed by atoms with Gasteiger partial charge in [0.15, 0.2) is 0 Å². The predicted octanol–water partition coefficient (Wildman–Crippen LogP) is 1.84. The van der Waals surface area contributed by atoms with E-state index in [1.165, 1.54) is 30.1 Å². The van der Waals surface area contributed by atoms with E-state index in [2.05, 4.69) is 12.2 Å². The van der Waals surface area contributed by atoms with Crippen LogP contribution in [-0.2, 0) is 0 Å². The lowest BCUT2D eigenvalue weighted by molar-refractivity contribution is 0.0811. The van der Waals surface area contributed by atoms with Crippen LogP contribution in [0.2, 0.25) is 5.02 Å². The fraction of sp³-hybridized carbons (Fsp3) is 0.200. The molecule has 0 radical (unpaired) electrons. The normalized spacial score (nSPS) is 9.94. The highest BCUT2D eigenvalue weighted by Gasteiger charge is 2.19. The van der Waals surface area contributed by atoms with Crippen molar-refractivity contribution in [3.63, 3.8) is 0 Å². The number of hydrogen-bond donors (Lipinski definition) is 1. The summed E-state index contributed by atoms with van der Waals surface area (Å²) in [5.74, 6) is -1.21. The molecule has 6 heteroatoms. The molecule has 0 aliphatic heterocycles. The van der Waals surface area contributed by atoms with Crippen LogP contribution in [-0.4, -0.2) is 29.4 Å². The zero-order chi connectivity index (χ0) is 12.3. The molecule has 16 heavy (non-hydrogen) atoms. The van der Waals surface area contributed by atoms with Crippen molar-refractivity contribution in [3.8, 4) is 0 Å². The minimum absolute atomic E-state index is 0.0692. The molecule has 0 fully saturated rings. The van der Waals surface area contributed by atoms with Crippen LogP contribution in [0.1, 0.15) is 10.4 Å². The average molecular weight is 261 g/mol. The number of benzene rings is 1. The monoisotopic (exact) mass is 260 g/mol. The molecule has 1 aromatic carbocycles. The van der Waals surface area contributed by atoms with Crippen molar-refractivity contribution in [1.29, 1.82) is 0 Å². The molecule has 2 N–H and O–H groups in total. The largest absolute Gasteiger partial charge is 0.392 e. The summed E-state index contributed by atoms with van der Waals surface area (Å²) in [6.07, 6.45) is 0. The highest BCUT2D eigenvalue weighted by atomic mass is 35.5. The molecule has 0 aliphatic rings. The molecule has 0 aliphatic carbocycles. The summed E-state index contributed by atoms with van der Waals surface area (Å²) < 4.78 is 13.4. The summed E-state index contributed by atoms with van der Waals surface area (Å²) in [5, 5.41) is 0.0692. The van der Waals surface area contributed by atoms with E-state index in [0.717, 1.165) is 0 Å². The number of nitrogens with zero attached hydrogens (tertiary/aromatic N) is 1. The van der Waals surface area contributed by atoms with E-state index < -0.39 is 11.7 Å². The SMILES string of the molecule is CN(CC(N)=S)C(=O)c1c(F)cccc1Cl. The first-order valence-electron chi connectivity index (χ1n) is 4.41. The second-order valence-electron chi connectivity index (χ2n) is 3.22. The van der Waals surface area contributed by atoms with Gasteiger partial charge in [0.2, 0.25) is 0 Å². The number of likely N-dealkylation sites (N-methyl/N-ethyl adjacent to an activating group) is 1. The van der Waals surface area contributed by atoms with E-state index in [1.54, 1.807) is 0 Å². The molecule has 3 nitrogen and oxygen atoms in total. The first kappa shape index (κ1) is 12.9. The molecule has 1 rings (SSSR count). The van der Waals surface area contributed by atoms with E-state index in [0.29, 0.717) is 0 Å². The third-order valence-electron chi connectivity index (χ3n) is 1.92. The molecule has 0 heterocycles. The molecular formula is C10H10ClFN2OS. The molecule has 86 valence electrons. The van der Waals surface area contributed by atoms with Gasteiger partial charge in [-0.05, 0) is 12.1 Å². The van der Waals surface area contributed by atoms with Crippen molar-refractivity contribution >= 4 is 34.7 Å². The number of thiocarbonyl (C=S) groups is 1. The van der Waals surface area contributed by atoms with Gasteiger partial charge >= 0.3 is 0 Å². The Morgan fingerprint density at radius 1 is 1.62 bits per heavy atom.